The fourth-order valence-electron chi connectivity index (χ4n) is 6.10. The predicted octanol–water partition coefficient (Wildman–Crippen LogP) is 3.78. The van der Waals surface area contributed by atoms with Gasteiger partial charge in [-0.1, -0.05) is 30.3 Å². The summed E-state index contributed by atoms with van der Waals surface area (Å²) >= 11 is 1.56. The molecule has 3 aliphatic heterocycles. The molecule has 1 saturated heterocycles. The van der Waals surface area contributed by atoms with Crippen LogP contribution in [0.2, 0.25) is 0 Å². The lowest BCUT2D eigenvalue weighted by molar-refractivity contribution is -0.0621. The zero-order valence-corrected chi connectivity index (χ0v) is 22.9. The van der Waals surface area contributed by atoms with Crippen molar-refractivity contribution >= 4 is 23.8 Å². The first-order valence-corrected chi connectivity index (χ1v) is 14.2. The van der Waals surface area contributed by atoms with Crippen LogP contribution in [0.5, 0.6) is 5.75 Å². The molecule has 3 aromatic rings. The molecule has 0 N–H and O–H groups in total. The lowest BCUT2D eigenvalue weighted by Gasteiger charge is -2.54. The number of thioether (sulfide) groups is 1. The van der Waals surface area contributed by atoms with Crippen molar-refractivity contribution in [3.8, 4) is 5.75 Å². The average molecular weight is 580 g/mol. The fourth-order valence-corrected chi connectivity index (χ4v) is 7.23. The number of halogens is 1. The molecule has 7 rings (SSSR count). The number of rotatable bonds is 4. The Morgan fingerprint density at radius 1 is 1.12 bits per heavy atom. The minimum atomic E-state index is -0.987. The first-order chi connectivity index (χ1) is 19.9. The summed E-state index contributed by atoms with van der Waals surface area (Å²) in [6.07, 6.45) is 1.51. The van der Waals surface area contributed by atoms with Gasteiger partial charge in [0.05, 0.1) is 31.9 Å². The predicted molar refractivity (Wildman–Crippen MR) is 145 cm³/mol. The maximum atomic E-state index is 15.3. The number of benzene rings is 2. The van der Waals surface area contributed by atoms with Gasteiger partial charge < -0.3 is 23.8 Å². The summed E-state index contributed by atoms with van der Waals surface area (Å²) < 4.78 is 38.1. The quantitative estimate of drug-likeness (QED) is 0.338. The molecule has 2 fully saturated rings. The number of aromatic nitrogens is 1. The summed E-state index contributed by atoms with van der Waals surface area (Å²) in [5.74, 6) is -0.496. The molecule has 0 radical (unpaired) electrons. The van der Waals surface area contributed by atoms with E-state index in [-0.39, 0.29) is 29.8 Å². The Labute approximate surface area is 238 Å². The van der Waals surface area contributed by atoms with Crippen LogP contribution in [0.4, 0.5) is 9.18 Å². The van der Waals surface area contributed by atoms with Crippen molar-refractivity contribution in [2.45, 2.75) is 41.2 Å². The van der Waals surface area contributed by atoms with E-state index in [0.29, 0.717) is 17.9 Å². The van der Waals surface area contributed by atoms with Crippen LogP contribution in [0.3, 0.4) is 0 Å². The van der Waals surface area contributed by atoms with Gasteiger partial charge in [-0.05, 0) is 36.1 Å². The molecule has 1 spiro atoms. The molecule has 2 aromatic carbocycles. The SMILES string of the molecule is COC(=O)OCOc1c2n(ccc1=O)N([C@@H]1c3ccccc3SCc3c(F)cccc31)[C@@H]1COCC3(CC3)N1C2=O. The molecule has 12 heteroatoms. The smallest absolute Gasteiger partial charge is 0.451 e. The second-order valence-electron chi connectivity index (χ2n) is 10.4. The second-order valence-corrected chi connectivity index (χ2v) is 11.4. The summed E-state index contributed by atoms with van der Waals surface area (Å²) in [4.78, 5) is 41.7. The van der Waals surface area contributed by atoms with E-state index in [2.05, 4.69) is 4.74 Å². The Morgan fingerprint density at radius 2 is 1.93 bits per heavy atom. The molecule has 212 valence electrons. The van der Waals surface area contributed by atoms with Crippen LogP contribution in [-0.2, 0) is 20.0 Å². The lowest BCUT2D eigenvalue weighted by Crippen LogP contribution is -2.70. The number of nitrogens with zero attached hydrogens (tertiary/aromatic N) is 3. The summed E-state index contributed by atoms with van der Waals surface area (Å²) in [5.41, 5.74) is 1.21. The second kappa shape index (κ2) is 9.81. The number of carbonyl (C=O) groups is 2. The van der Waals surface area contributed by atoms with Crippen LogP contribution in [0.25, 0.3) is 0 Å². The summed E-state index contributed by atoms with van der Waals surface area (Å²) in [6, 6.07) is 13.7. The number of morpholine rings is 1. The Bertz CT molecular complexity index is 1620. The molecule has 0 bridgehead atoms. The third-order valence-electron chi connectivity index (χ3n) is 8.13. The molecule has 10 nitrogen and oxygen atoms in total. The van der Waals surface area contributed by atoms with Crippen molar-refractivity contribution in [2.24, 2.45) is 0 Å². The highest BCUT2D eigenvalue weighted by Gasteiger charge is 2.60. The van der Waals surface area contributed by atoms with E-state index >= 15 is 4.39 Å². The van der Waals surface area contributed by atoms with Crippen LogP contribution in [0.1, 0.15) is 46.1 Å². The van der Waals surface area contributed by atoms with E-state index in [4.69, 9.17) is 14.2 Å². The van der Waals surface area contributed by atoms with Crippen LogP contribution in [0.15, 0.2) is 64.4 Å². The van der Waals surface area contributed by atoms with Gasteiger partial charge in [0.15, 0.2) is 5.69 Å². The average Bonchev–Trinajstić information content (AvgIpc) is 3.77. The number of carbonyl (C=O) groups excluding carboxylic acids is 2. The van der Waals surface area contributed by atoms with E-state index in [9.17, 15) is 14.4 Å². The van der Waals surface area contributed by atoms with Gasteiger partial charge >= 0.3 is 6.16 Å². The van der Waals surface area contributed by atoms with Gasteiger partial charge in [-0.3, -0.25) is 19.3 Å². The third kappa shape index (κ3) is 4.07. The maximum Gasteiger partial charge on any atom is 0.510 e. The van der Waals surface area contributed by atoms with Crippen LogP contribution < -0.4 is 15.2 Å². The number of ether oxygens (including phenoxy) is 4. The maximum absolute atomic E-state index is 15.3. The van der Waals surface area contributed by atoms with Gasteiger partial charge in [0.1, 0.15) is 12.0 Å². The minimum absolute atomic E-state index is 0.00252. The van der Waals surface area contributed by atoms with Crippen molar-refractivity contribution in [3.63, 3.8) is 0 Å². The topological polar surface area (TPSA) is 99.5 Å². The van der Waals surface area contributed by atoms with E-state index < -0.39 is 36.1 Å². The van der Waals surface area contributed by atoms with Crippen LogP contribution >= 0.6 is 11.8 Å². The monoisotopic (exact) mass is 579 g/mol. The van der Waals surface area contributed by atoms with Crippen molar-refractivity contribution < 1.29 is 32.9 Å². The van der Waals surface area contributed by atoms with Gasteiger partial charge in [0.2, 0.25) is 18.0 Å². The van der Waals surface area contributed by atoms with Crippen molar-refractivity contribution in [2.75, 3.05) is 32.1 Å². The van der Waals surface area contributed by atoms with E-state index in [1.165, 1.54) is 18.3 Å². The fraction of sp³-hybridized carbons (Fsp3) is 0.345. The molecule has 4 heterocycles. The van der Waals surface area contributed by atoms with Crippen LogP contribution in [-0.4, -0.2) is 60.5 Å². The molecule has 41 heavy (non-hydrogen) atoms. The Morgan fingerprint density at radius 3 is 2.73 bits per heavy atom. The van der Waals surface area contributed by atoms with Crippen molar-refractivity contribution in [1.82, 2.24) is 9.58 Å². The molecule has 1 aliphatic carbocycles. The normalized spacial score (nSPS) is 21.7. The molecule has 2 atom stereocenters. The molecular formula is C29H26FN3O7S. The Hall–Kier alpha value is -4.03. The molecule has 1 aromatic heterocycles. The van der Waals surface area contributed by atoms with Crippen LogP contribution in [0, 0.1) is 5.82 Å². The van der Waals surface area contributed by atoms with Gasteiger partial charge in [0, 0.05) is 28.5 Å². The number of amides is 1. The van der Waals surface area contributed by atoms with Gasteiger partial charge in [-0.25, -0.2) is 9.18 Å². The number of hydrogen-bond acceptors (Lipinski definition) is 9. The van der Waals surface area contributed by atoms with Crippen molar-refractivity contribution in [1.29, 1.82) is 0 Å². The highest BCUT2D eigenvalue weighted by atomic mass is 32.2. The molecule has 4 aliphatic rings. The highest BCUT2D eigenvalue weighted by molar-refractivity contribution is 7.98. The first-order valence-electron chi connectivity index (χ1n) is 13.2. The number of fused-ring (bicyclic) bond motifs is 5. The number of hydrogen-bond donors (Lipinski definition) is 0. The van der Waals surface area contributed by atoms with Crippen molar-refractivity contribution in [3.05, 3.63) is 93.2 Å². The highest BCUT2D eigenvalue weighted by Crippen LogP contribution is 2.51. The number of methoxy groups -OCH3 is 1. The molecular weight excluding hydrogens is 553 g/mol. The van der Waals surface area contributed by atoms with Gasteiger partial charge in [-0.2, -0.15) is 0 Å². The molecule has 0 unspecified atom stereocenters. The Balaban J connectivity index is 1.46. The minimum Gasteiger partial charge on any atom is -0.451 e. The molecule has 1 saturated carbocycles. The van der Waals surface area contributed by atoms with Gasteiger partial charge in [0.25, 0.3) is 5.91 Å². The first kappa shape index (κ1) is 25.9. The Kier molecular flexibility index (Phi) is 6.20. The van der Waals surface area contributed by atoms with E-state index in [1.54, 1.807) is 27.4 Å². The van der Waals surface area contributed by atoms with Gasteiger partial charge in [-0.15, -0.1) is 11.8 Å². The standard InChI is InChI=1S/C29H26FN3O7S/c1-37-28(36)40-16-39-26-21(34)9-12-31-25(26)27(35)32-23(13-38-15-29(32)10-11-29)33(31)24-17-6-4-7-20(30)19(17)14-41-22-8-3-2-5-18(22)24/h2-9,12,23-24H,10-11,13-16H2,1H3/t23-,24+/m1/s1. The van der Waals surface area contributed by atoms with E-state index in [1.807, 2.05) is 35.3 Å². The summed E-state index contributed by atoms with van der Waals surface area (Å²) in [6.45, 7) is -0.0257. The summed E-state index contributed by atoms with van der Waals surface area (Å²) in [7, 11) is 1.15. The zero-order chi connectivity index (χ0) is 28.3. The zero-order valence-electron chi connectivity index (χ0n) is 22.1. The van der Waals surface area contributed by atoms with E-state index in [0.717, 1.165) is 36.0 Å². The lowest BCUT2D eigenvalue weighted by atomic mass is 9.93. The third-order valence-corrected chi connectivity index (χ3v) is 9.25. The largest absolute Gasteiger partial charge is 0.510 e. The summed E-state index contributed by atoms with van der Waals surface area (Å²) in [5, 5.41) is 1.99. The number of pyridine rings is 1. The molecule has 1 amide bonds.